The van der Waals surface area contributed by atoms with E-state index in [1.807, 2.05) is 0 Å². The van der Waals surface area contributed by atoms with E-state index in [4.69, 9.17) is 9.47 Å². The number of carbonyl (C=O) groups excluding carboxylic acids is 3. The minimum atomic E-state index is -0.289. The highest BCUT2D eigenvalue weighted by Gasteiger charge is 2.99. The third kappa shape index (κ3) is 0.655. The van der Waals surface area contributed by atoms with Crippen LogP contribution in [0.1, 0.15) is 6.92 Å². The molecule has 1 aliphatic heterocycles. The Labute approximate surface area is 115 Å². The van der Waals surface area contributed by atoms with Crippen molar-refractivity contribution in [3.63, 3.8) is 0 Å². The van der Waals surface area contributed by atoms with Gasteiger partial charge in [0.1, 0.15) is 0 Å². The van der Waals surface area contributed by atoms with Gasteiger partial charge in [0, 0.05) is 12.3 Å². The van der Waals surface area contributed by atoms with Crippen molar-refractivity contribution in [2.45, 2.75) is 6.92 Å². The minimum absolute atomic E-state index is 0.140. The van der Waals surface area contributed by atoms with Crippen LogP contribution in [0.15, 0.2) is 0 Å². The fourth-order valence-electron chi connectivity index (χ4n) is 7.73. The SMILES string of the molecule is CC(=O)OCC12C3[C@H]4C5[C@@H]3[C@@H]1C([C@H]42)[C@@H]1C(=O)OC(=O)[C@H]51. The van der Waals surface area contributed by atoms with Gasteiger partial charge in [-0.3, -0.25) is 14.4 Å². The van der Waals surface area contributed by atoms with E-state index in [2.05, 4.69) is 0 Å². The Morgan fingerprint density at radius 2 is 1.60 bits per heavy atom. The summed E-state index contributed by atoms with van der Waals surface area (Å²) in [6.45, 7) is 1.98. The first-order valence-corrected chi connectivity index (χ1v) is 7.48. The van der Waals surface area contributed by atoms with Crippen molar-refractivity contribution >= 4 is 17.9 Å². The van der Waals surface area contributed by atoms with Crippen molar-refractivity contribution < 1.29 is 23.9 Å². The van der Waals surface area contributed by atoms with Gasteiger partial charge in [0.15, 0.2) is 0 Å². The maximum Gasteiger partial charge on any atom is 0.317 e. The van der Waals surface area contributed by atoms with Crippen LogP contribution < -0.4 is 0 Å². The summed E-state index contributed by atoms with van der Waals surface area (Å²) in [5, 5.41) is 0. The second-order valence-corrected chi connectivity index (χ2v) is 7.57. The van der Waals surface area contributed by atoms with Crippen molar-refractivity contribution in [3.05, 3.63) is 0 Å². The van der Waals surface area contributed by atoms with Crippen LogP contribution in [0, 0.1) is 58.7 Å². The zero-order chi connectivity index (χ0) is 13.5. The molecule has 10 atom stereocenters. The maximum atomic E-state index is 11.9. The highest BCUT2D eigenvalue weighted by Crippen LogP contribution is 2.98. The molecule has 6 saturated carbocycles. The molecule has 5 heteroatoms. The van der Waals surface area contributed by atoms with Gasteiger partial charge in [0.2, 0.25) is 0 Å². The summed E-state index contributed by atoms with van der Waals surface area (Å²) in [4.78, 5) is 34.9. The number of carbonyl (C=O) groups is 3. The van der Waals surface area contributed by atoms with E-state index < -0.39 is 0 Å². The average Bonchev–Trinajstić information content (AvgIpc) is 2.64. The third-order valence-corrected chi connectivity index (χ3v) is 7.73. The highest BCUT2D eigenvalue weighted by molar-refractivity contribution is 5.98. The normalized spacial score (nSPS) is 65.0. The third-order valence-electron chi connectivity index (χ3n) is 7.73. The van der Waals surface area contributed by atoms with Crippen LogP contribution >= 0.6 is 0 Å². The smallest absolute Gasteiger partial charge is 0.317 e. The Morgan fingerprint density at radius 1 is 1.05 bits per heavy atom. The lowest BCUT2D eigenvalue weighted by Crippen LogP contribution is -2.98. The van der Waals surface area contributed by atoms with Crippen LogP contribution in [0.4, 0.5) is 0 Å². The predicted molar refractivity (Wildman–Crippen MR) is 61.6 cm³/mol. The molecule has 104 valence electrons. The molecule has 2 bridgehead atoms. The van der Waals surface area contributed by atoms with Crippen molar-refractivity contribution in [2.75, 3.05) is 6.61 Å². The first-order valence-electron chi connectivity index (χ1n) is 7.48. The topological polar surface area (TPSA) is 69.7 Å². The lowest BCUT2D eigenvalue weighted by molar-refractivity contribution is -0.534. The maximum absolute atomic E-state index is 11.9. The molecule has 0 N–H and O–H groups in total. The monoisotopic (exact) mass is 274 g/mol. The van der Waals surface area contributed by atoms with Gasteiger partial charge < -0.3 is 9.47 Å². The average molecular weight is 274 g/mol. The molecule has 7 rings (SSSR count). The second-order valence-electron chi connectivity index (χ2n) is 7.57. The van der Waals surface area contributed by atoms with Crippen molar-refractivity contribution in [1.82, 2.24) is 0 Å². The molecule has 7 fully saturated rings. The zero-order valence-electron chi connectivity index (χ0n) is 10.9. The summed E-state index contributed by atoms with van der Waals surface area (Å²) in [5.41, 5.74) is 0.180. The van der Waals surface area contributed by atoms with Gasteiger partial charge in [0.25, 0.3) is 0 Å². The molecule has 0 aromatic heterocycles. The molecule has 7 aliphatic rings. The molecule has 1 heterocycles. The first-order chi connectivity index (χ1) is 9.59. The molecule has 20 heavy (non-hydrogen) atoms. The lowest BCUT2D eigenvalue weighted by Gasteiger charge is -2.98. The minimum Gasteiger partial charge on any atom is -0.465 e. The predicted octanol–water partition coefficient (Wildman–Crippen LogP) is 0.233. The highest BCUT2D eigenvalue weighted by atomic mass is 16.6. The van der Waals surface area contributed by atoms with Gasteiger partial charge in [-0.25, -0.2) is 0 Å². The van der Waals surface area contributed by atoms with Crippen LogP contribution in [0.2, 0.25) is 0 Å². The summed E-state index contributed by atoms with van der Waals surface area (Å²) < 4.78 is 10.2. The van der Waals surface area contributed by atoms with E-state index in [9.17, 15) is 14.4 Å². The molecule has 0 spiro atoms. The van der Waals surface area contributed by atoms with Gasteiger partial charge in [-0.15, -0.1) is 0 Å². The summed E-state index contributed by atoms with van der Waals surface area (Å²) >= 11 is 0. The fourth-order valence-corrected chi connectivity index (χ4v) is 7.73. The summed E-state index contributed by atoms with van der Waals surface area (Å²) in [6.07, 6.45) is 0. The molecule has 0 aromatic carbocycles. The molecule has 0 aromatic rings. The Balaban J connectivity index is 1.38. The number of hydrogen-bond acceptors (Lipinski definition) is 5. The second kappa shape index (κ2) is 2.55. The zero-order valence-corrected chi connectivity index (χ0v) is 10.9. The number of rotatable bonds is 2. The lowest BCUT2D eigenvalue weighted by atomic mass is 9.04. The van der Waals surface area contributed by atoms with Crippen molar-refractivity contribution in [1.29, 1.82) is 0 Å². The number of hydrogen-bond donors (Lipinski definition) is 0. The quantitative estimate of drug-likeness (QED) is 0.532. The Bertz CT molecular complexity index is 604. The first kappa shape index (κ1) is 10.4. The van der Waals surface area contributed by atoms with Crippen LogP contribution in [-0.2, 0) is 23.9 Å². The largest absolute Gasteiger partial charge is 0.465 e. The summed E-state index contributed by atoms with van der Waals surface area (Å²) in [7, 11) is 0. The van der Waals surface area contributed by atoms with E-state index in [1.54, 1.807) is 0 Å². The molecule has 4 unspecified atom stereocenters. The van der Waals surface area contributed by atoms with Gasteiger partial charge in [-0.2, -0.15) is 0 Å². The van der Waals surface area contributed by atoms with Gasteiger partial charge in [-0.1, -0.05) is 0 Å². The van der Waals surface area contributed by atoms with Gasteiger partial charge in [0.05, 0.1) is 18.4 Å². The van der Waals surface area contributed by atoms with E-state index in [1.165, 1.54) is 6.92 Å². The van der Waals surface area contributed by atoms with Crippen LogP contribution in [-0.4, -0.2) is 24.5 Å². The number of ether oxygens (including phenoxy) is 2. The van der Waals surface area contributed by atoms with Crippen LogP contribution in [0.3, 0.4) is 0 Å². The summed E-state index contributed by atoms with van der Waals surface area (Å²) in [6, 6.07) is 0. The van der Waals surface area contributed by atoms with Crippen molar-refractivity contribution in [3.8, 4) is 0 Å². The van der Waals surface area contributed by atoms with E-state index in [-0.39, 0.29) is 35.2 Å². The molecule has 5 nitrogen and oxygen atoms in total. The molecule has 0 radical (unpaired) electrons. The molecule has 6 aliphatic carbocycles. The molecular formula is C15H14O5. The molecule has 0 amide bonds. The van der Waals surface area contributed by atoms with Crippen LogP contribution in [0.5, 0.6) is 0 Å². The van der Waals surface area contributed by atoms with E-state index in [0.29, 0.717) is 48.0 Å². The van der Waals surface area contributed by atoms with Gasteiger partial charge >= 0.3 is 17.9 Å². The van der Waals surface area contributed by atoms with Gasteiger partial charge in [-0.05, 0) is 41.4 Å². The van der Waals surface area contributed by atoms with Crippen molar-refractivity contribution in [2.24, 2.45) is 58.7 Å². The Hall–Kier alpha value is -1.39. The molecular weight excluding hydrogens is 260 g/mol. The summed E-state index contributed by atoms with van der Waals surface area (Å²) in [5.74, 6) is 2.50. The fraction of sp³-hybridized carbons (Fsp3) is 0.800. The molecule has 1 saturated heterocycles. The Morgan fingerprint density at radius 3 is 2.20 bits per heavy atom. The number of cyclic esters (lactones) is 2. The Kier molecular flexibility index (Phi) is 1.32. The number of esters is 3. The van der Waals surface area contributed by atoms with Crippen LogP contribution in [0.25, 0.3) is 0 Å². The van der Waals surface area contributed by atoms with E-state index in [0.717, 1.165) is 0 Å². The standard InChI is InChI=1S/C15H14O5/c1-3(16)19-2-15-10-7-4-5-6(14(18)20-13(5)17)9(11(7)15)12(15)8(4)10/h4-12H,2H2,1H3/t4?,5-,6-,7-,8+,9?,10?,11+,12-,15?/m1/s1. The van der Waals surface area contributed by atoms with E-state index >= 15 is 0 Å².